The summed E-state index contributed by atoms with van der Waals surface area (Å²) in [7, 11) is 0. The lowest BCUT2D eigenvalue weighted by Gasteiger charge is -2.28. The molecular formula is C28H23NO. The van der Waals surface area contributed by atoms with Gasteiger partial charge in [-0.3, -0.25) is 4.98 Å². The maximum atomic E-state index is 6.81. The molecule has 0 unspecified atom stereocenters. The number of hydrogen-bond donors (Lipinski definition) is 0. The summed E-state index contributed by atoms with van der Waals surface area (Å²) in [5.41, 5.74) is 3.53. The van der Waals surface area contributed by atoms with Gasteiger partial charge in [0.25, 0.3) is 0 Å². The summed E-state index contributed by atoms with van der Waals surface area (Å²) in [5, 5.41) is 7.12. The molecule has 0 N–H and O–H groups in total. The Morgan fingerprint density at radius 1 is 0.767 bits per heavy atom. The number of ether oxygens (including phenoxy) is 1. The van der Waals surface area contributed by atoms with Crippen LogP contribution in [-0.2, 0) is 6.42 Å². The first kappa shape index (κ1) is 17.5. The molecule has 2 heteroatoms. The molecule has 146 valence electrons. The highest BCUT2D eigenvalue weighted by Gasteiger charge is 2.28. The summed E-state index contributed by atoms with van der Waals surface area (Å²) < 4.78 is 6.81. The Labute approximate surface area is 176 Å². The maximum Gasteiger partial charge on any atom is 0.145 e. The molecule has 2 heterocycles. The highest BCUT2D eigenvalue weighted by Crippen LogP contribution is 2.52. The minimum absolute atomic E-state index is 0.139. The van der Waals surface area contributed by atoms with E-state index in [9.17, 15) is 0 Å². The average Bonchev–Trinajstić information content (AvgIpc) is 2.73. The van der Waals surface area contributed by atoms with Crippen molar-refractivity contribution in [2.24, 2.45) is 5.41 Å². The fraction of sp³-hybridized carbons (Fsp3) is 0.179. The highest BCUT2D eigenvalue weighted by molar-refractivity contribution is 6.13. The zero-order chi connectivity index (χ0) is 20.5. The van der Waals surface area contributed by atoms with E-state index in [0.29, 0.717) is 0 Å². The van der Waals surface area contributed by atoms with Crippen LogP contribution in [-0.4, -0.2) is 4.98 Å². The molecule has 6 rings (SSSR count). The predicted octanol–water partition coefficient (Wildman–Crippen LogP) is 7.90. The third-order valence-electron chi connectivity index (χ3n) is 6.00. The molecule has 1 aromatic heterocycles. The molecule has 0 spiro atoms. The van der Waals surface area contributed by atoms with Gasteiger partial charge in [0.2, 0.25) is 0 Å². The van der Waals surface area contributed by atoms with Crippen LogP contribution in [0.3, 0.4) is 0 Å². The molecule has 0 bridgehead atoms. The van der Waals surface area contributed by atoms with E-state index in [2.05, 4.69) is 87.5 Å². The Morgan fingerprint density at radius 2 is 1.47 bits per heavy atom. The number of pyridine rings is 1. The minimum Gasteiger partial charge on any atom is -0.455 e. The molecule has 0 amide bonds. The summed E-state index contributed by atoms with van der Waals surface area (Å²) in [5.74, 6) is 1.90. The first-order valence-corrected chi connectivity index (χ1v) is 10.5. The van der Waals surface area contributed by atoms with Crippen LogP contribution in [0.2, 0.25) is 0 Å². The van der Waals surface area contributed by atoms with Crippen molar-refractivity contribution in [3.8, 4) is 22.8 Å². The van der Waals surface area contributed by atoms with Crippen molar-refractivity contribution in [1.29, 1.82) is 0 Å². The van der Waals surface area contributed by atoms with Crippen LogP contribution < -0.4 is 4.74 Å². The summed E-state index contributed by atoms with van der Waals surface area (Å²) in [6.45, 7) is 6.85. The van der Waals surface area contributed by atoms with Crippen molar-refractivity contribution in [1.82, 2.24) is 4.98 Å². The number of nitrogens with zero attached hydrogens (tertiary/aromatic N) is 1. The SMILES string of the molecule is CC(C)(C)Cc1c2c(cc3ccccc13)-c1nccc3cc4ccccc4c(c13)O2. The number of hydrogen-bond acceptors (Lipinski definition) is 2. The average molecular weight is 389 g/mol. The van der Waals surface area contributed by atoms with Crippen molar-refractivity contribution in [2.75, 3.05) is 0 Å². The molecule has 0 atom stereocenters. The third-order valence-corrected chi connectivity index (χ3v) is 6.00. The van der Waals surface area contributed by atoms with Crippen LogP contribution in [0.4, 0.5) is 0 Å². The molecule has 5 aromatic rings. The van der Waals surface area contributed by atoms with Gasteiger partial charge in [-0.05, 0) is 51.6 Å². The van der Waals surface area contributed by atoms with Crippen molar-refractivity contribution in [3.63, 3.8) is 0 Å². The summed E-state index contributed by atoms with van der Waals surface area (Å²) in [6.07, 6.45) is 2.86. The Balaban J connectivity index is 1.77. The zero-order valence-corrected chi connectivity index (χ0v) is 17.5. The third kappa shape index (κ3) is 2.53. The van der Waals surface area contributed by atoms with Gasteiger partial charge < -0.3 is 4.74 Å². The van der Waals surface area contributed by atoms with Crippen LogP contribution >= 0.6 is 0 Å². The van der Waals surface area contributed by atoms with Gasteiger partial charge >= 0.3 is 0 Å². The first-order chi connectivity index (χ1) is 14.5. The molecule has 0 saturated carbocycles. The minimum atomic E-state index is 0.139. The fourth-order valence-corrected chi connectivity index (χ4v) is 4.78. The predicted molar refractivity (Wildman–Crippen MR) is 125 cm³/mol. The van der Waals surface area contributed by atoms with E-state index in [4.69, 9.17) is 9.72 Å². The molecule has 0 fully saturated rings. The monoisotopic (exact) mass is 389 g/mol. The van der Waals surface area contributed by atoms with E-state index in [1.54, 1.807) is 0 Å². The van der Waals surface area contributed by atoms with E-state index in [1.807, 2.05) is 6.20 Å². The summed E-state index contributed by atoms with van der Waals surface area (Å²) in [4.78, 5) is 4.85. The van der Waals surface area contributed by atoms with Crippen LogP contribution in [0.15, 0.2) is 72.9 Å². The number of fused-ring (bicyclic) bond motifs is 5. The van der Waals surface area contributed by atoms with Crippen LogP contribution in [0, 0.1) is 5.41 Å². The lowest BCUT2D eigenvalue weighted by atomic mass is 9.83. The quantitative estimate of drug-likeness (QED) is 0.267. The number of aromatic nitrogens is 1. The molecule has 4 aromatic carbocycles. The van der Waals surface area contributed by atoms with Crippen molar-refractivity contribution >= 4 is 32.3 Å². The molecular weight excluding hydrogens is 366 g/mol. The topological polar surface area (TPSA) is 22.1 Å². The Morgan fingerprint density at radius 3 is 2.23 bits per heavy atom. The second kappa shape index (κ2) is 6.06. The van der Waals surface area contributed by atoms with Crippen molar-refractivity contribution in [2.45, 2.75) is 27.2 Å². The van der Waals surface area contributed by atoms with Crippen molar-refractivity contribution < 1.29 is 4.74 Å². The van der Waals surface area contributed by atoms with Gasteiger partial charge in [-0.15, -0.1) is 0 Å². The standard InChI is InChI=1S/C28H23NO/c1-28(2,3)16-23-20-10-6-4-9-18(20)15-22-25-24-19(12-13-29-25)14-17-8-5-7-11-21(17)27(24)30-26(22)23/h4-15H,16H2,1-3H3. The van der Waals surface area contributed by atoms with Gasteiger partial charge in [0.1, 0.15) is 11.5 Å². The number of benzene rings is 4. The summed E-state index contributed by atoms with van der Waals surface area (Å²) in [6, 6.07) is 23.7. The molecule has 0 aliphatic carbocycles. The van der Waals surface area contributed by atoms with Gasteiger partial charge in [-0.2, -0.15) is 0 Å². The van der Waals surface area contributed by atoms with E-state index in [-0.39, 0.29) is 5.41 Å². The first-order valence-electron chi connectivity index (χ1n) is 10.5. The lowest BCUT2D eigenvalue weighted by molar-refractivity contribution is 0.400. The Kier molecular flexibility index (Phi) is 3.53. The molecule has 0 radical (unpaired) electrons. The van der Waals surface area contributed by atoms with Gasteiger partial charge in [0.05, 0.1) is 11.1 Å². The molecule has 2 nitrogen and oxygen atoms in total. The lowest BCUT2D eigenvalue weighted by Crippen LogP contribution is -2.12. The van der Waals surface area contributed by atoms with Gasteiger partial charge in [0, 0.05) is 22.7 Å². The molecule has 30 heavy (non-hydrogen) atoms. The van der Waals surface area contributed by atoms with Crippen LogP contribution in [0.1, 0.15) is 26.3 Å². The van der Waals surface area contributed by atoms with Crippen LogP contribution in [0.5, 0.6) is 11.5 Å². The van der Waals surface area contributed by atoms with Gasteiger partial charge in [-0.25, -0.2) is 0 Å². The highest BCUT2D eigenvalue weighted by atomic mass is 16.5. The largest absolute Gasteiger partial charge is 0.455 e. The van der Waals surface area contributed by atoms with Gasteiger partial charge in [0.15, 0.2) is 0 Å². The number of rotatable bonds is 1. The Bertz CT molecular complexity index is 1470. The van der Waals surface area contributed by atoms with E-state index < -0.39 is 0 Å². The molecule has 0 saturated heterocycles. The second-order valence-corrected chi connectivity index (χ2v) is 9.48. The molecule has 1 aliphatic rings. The van der Waals surface area contributed by atoms with Gasteiger partial charge in [-0.1, -0.05) is 69.3 Å². The van der Waals surface area contributed by atoms with Crippen molar-refractivity contribution in [3.05, 3.63) is 78.5 Å². The summed E-state index contributed by atoms with van der Waals surface area (Å²) >= 11 is 0. The maximum absolute atomic E-state index is 6.81. The smallest absolute Gasteiger partial charge is 0.145 e. The van der Waals surface area contributed by atoms with E-state index in [0.717, 1.165) is 39.9 Å². The van der Waals surface area contributed by atoms with Crippen LogP contribution in [0.25, 0.3) is 43.6 Å². The second-order valence-electron chi connectivity index (χ2n) is 9.48. The van der Waals surface area contributed by atoms with E-state index in [1.165, 1.54) is 27.1 Å². The zero-order valence-electron chi connectivity index (χ0n) is 17.5. The Hall–Kier alpha value is -3.39. The fourth-order valence-electron chi connectivity index (χ4n) is 4.78. The van der Waals surface area contributed by atoms with E-state index >= 15 is 0 Å². The molecule has 1 aliphatic heterocycles. The normalized spacial score (nSPS) is 12.9.